The molecule has 2 amide bonds. The fraction of sp³-hybridized carbons (Fsp3) is 0.444. The quantitative estimate of drug-likeness (QED) is 0.648. The maximum absolute atomic E-state index is 12.5. The minimum atomic E-state index is -0.810. The Labute approximate surface area is 199 Å². The fourth-order valence-electron chi connectivity index (χ4n) is 5.72. The van der Waals surface area contributed by atoms with Crippen molar-refractivity contribution in [2.24, 2.45) is 11.8 Å². The van der Waals surface area contributed by atoms with Gasteiger partial charge in [-0.3, -0.25) is 9.59 Å². The van der Waals surface area contributed by atoms with Gasteiger partial charge in [0, 0.05) is 37.4 Å². The van der Waals surface area contributed by atoms with Crippen LogP contribution in [0.4, 0.5) is 4.79 Å². The number of amides is 2. The molecule has 1 aliphatic heterocycles. The highest BCUT2D eigenvalue weighted by Gasteiger charge is 2.35. The fourth-order valence-corrected chi connectivity index (χ4v) is 5.72. The minimum Gasteiger partial charge on any atom is -0.481 e. The molecule has 2 N–H and O–H groups in total. The van der Waals surface area contributed by atoms with Crippen molar-refractivity contribution in [2.45, 2.75) is 44.1 Å². The normalized spacial score (nSPS) is 21.5. The second-order valence-corrected chi connectivity index (χ2v) is 9.81. The standard InChI is InChI=1S/C27H30N2O5/c30-25(29-14-18(15-29)13-26(31)32)12-17-9-10-19(11-17)28-27(33)34-16-24-22-7-3-1-5-20(22)21-6-2-4-8-23(21)24/h1-8,17-19,24H,9-16H2,(H,28,33)(H,31,32). The van der Waals surface area contributed by atoms with E-state index >= 15 is 0 Å². The zero-order valence-corrected chi connectivity index (χ0v) is 19.1. The highest BCUT2D eigenvalue weighted by atomic mass is 16.5. The van der Waals surface area contributed by atoms with Crippen molar-refractivity contribution in [3.05, 3.63) is 59.7 Å². The number of hydrogen-bond acceptors (Lipinski definition) is 4. The Kier molecular flexibility index (Phi) is 6.26. The zero-order valence-electron chi connectivity index (χ0n) is 19.1. The summed E-state index contributed by atoms with van der Waals surface area (Å²) in [5, 5.41) is 11.8. The topological polar surface area (TPSA) is 95.9 Å². The number of fused-ring (bicyclic) bond motifs is 3. The molecule has 0 radical (unpaired) electrons. The van der Waals surface area contributed by atoms with E-state index in [-0.39, 0.29) is 36.1 Å². The van der Waals surface area contributed by atoms with Gasteiger partial charge >= 0.3 is 12.1 Å². The summed E-state index contributed by atoms with van der Waals surface area (Å²) in [5.74, 6) is -0.366. The lowest BCUT2D eigenvalue weighted by molar-refractivity contribution is -0.145. The summed E-state index contributed by atoms with van der Waals surface area (Å²) in [6.07, 6.45) is 2.68. The van der Waals surface area contributed by atoms with Crippen LogP contribution in [0.15, 0.2) is 48.5 Å². The van der Waals surface area contributed by atoms with Crippen molar-refractivity contribution in [1.29, 1.82) is 0 Å². The third-order valence-electron chi connectivity index (χ3n) is 7.44. The van der Waals surface area contributed by atoms with Crippen LogP contribution in [0.5, 0.6) is 0 Å². The molecule has 1 saturated carbocycles. The molecule has 1 saturated heterocycles. The van der Waals surface area contributed by atoms with E-state index in [9.17, 15) is 14.4 Å². The van der Waals surface area contributed by atoms with E-state index in [0.29, 0.717) is 26.1 Å². The average Bonchev–Trinajstić information content (AvgIpc) is 3.36. The number of carbonyl (C=O) groups is 3. The van der Waals surface area contributed by atoms with E-state index in [0.717, 1.165) is 19.3 Å². The summed E-state index contributed by atoms with van der Waals surface area (Å²) in [5.41, 5.74) is 4.78. The Morgan fingerprint density at radius 2 is 1.56 bits per heavy atom. The first kappa shape index (κ1) is 22.4. The van der Waals surface area contributed by atoms with Gasteiger partial charge in [0.15, 0.2) is 0 Å². The van der Waals surface area contributed by atoms with Crippen LogP contribution in [0.3, 0.4) is 0 Å². The monoisotopic (exact) mass is 462 g/mol. The van der Waals surface area contributed by atoms with Gasteiger partial charge in [0.05, 0.1) is 6.42 Å². The summed E-state index contributed by atoms with van der Waals surface area (Å²) in [7, 11) is 0. The Hall–Kier alpha value is -3.35. The van der Waals surface area contributed by atoms with Crippen LogP contribution in [0.25, 0.3) is 11.1 Å². The maximum Gasteiger partial charge on any atom is 0.407 e. The van der Waals surface area contributed by atoms with Gasteiger partial charge in [-0.2, -0.15) is 0 Å². The SMILES string of the molecule is O=C(O)CC1CN(C(=O)CC2CCC(NC(=O)OCC3c4ccccc4-c4ccccc43)C2)C1. The van der Waals surface area contributed by atoms with Gasteiger partial charge in [0.25, 0.3) is 0 Å². The van der Waals surface area contributed by atoms with E-state index in [1.165, 1.54) is 22.3 Å². The lowest BCUT2D eigenvalue weighted by Gasteiger charge is -2.39. The minimum absolute atomic E-state index is 0.0181. The molecule has 5 rings (SSSR count). The molecule has 34 heavy (non-hydrogen) atoms. The van der Waals surface area contributed by atoms with Crippen molar-refractivity contribution in [3.63, 3.8) is 0 Å². The smallest absolute Gasteiger partial charge is 0.407 e. The number of ether oxygens (including phenoxy) is 1. The highest BCUT2D eigenvalue weighted by Crippen LogP contribution is 2.44. The van der Waals surface area contributed by atoms with Gasteiger partial charge < -0.3 is 20.1 Å². The Morgan fingerprint density at radius 3 is 2.21 bits per heavy atom. The van der Waals surface area contributed by atoms with E-state index < -0.39 is 12.1 Å². The van der Waals surface area contributed by atoms with Gasteiger partial charge in [-0.25, -0.2) is 4.79 Å². The number of alkyl carbamates (subject to hydrolysis) is 1. The van der Waals surface area contributed by atoms with Crippen LogP contribution in [0.2, 0.25) is 0 Å². The van der Waals surface area contributed by atoms with E-state index in [4.69, 9.17) is 9.84 Å². The molecule has 2 unspecified atom stereocenters. The molecule has 178 valence electrons. The number of benzene rings is 2. The molecular weight excluding hydrogens is 432 g/mol. The molecule has 1 heterocycles. The van der Waals surface area contributed by atoms with Crippen molar-refractivity contribution >= 4 is 18.0 Å². The number of nitrogens with one attached hydrogen (secondary N) is 1. The third kappa shape index (κ3) is 4.65. The Balaban J connectivity index is 1.07. The number of nitrogens with zero attached hydrogens (tertiary/aromatic N) is 1. The number of likely N-dealkylation sites (tertiary alicyclic amines) is 1. The zero-order chi connectivity index (χ0) is 23.7. The van der Waals surface area contributed by atoms with E-state index in [2.05, 4.69) is 29.6 Å². The van der Waals surface area contributed by atoms with Gasteiger partial charge in [0.1, 0.15) is 6.61 Å². The molecule has 3 aliphatic rings. The number of aliphatic carboxylic acids is 1. The summed E-state index contributed by atoms with van der Waals surface area (Å²) >= 11 is 0. The number of hydrogen-bond donors (Lipinski definition) is 2. The third-order valence-corrected chi connectivity index (χ3v) is 7.44. The van der Waals surface area contributed by atoms with Crippen molar-refractivity contribution in [1.82, 2.24) is 10.2 Å². The molecule has 2 aliphatic carbocycles. The van der Waals surface area contributed by atoms with Gasteiger partial charge in [0.2, 0.25) is 5.91 Å². The molecular formula is C27H30N2O5. The number of carboxylic acids is 1. The predicted molar refractivity (Wildman–Crippen MR) is 126 cm³/mol. The Bertz CT molecular complexity index is 1050. The van der Waals surface area contributed by atoms with Crippen LogP contribution >= 0.6 is 0 Å². The number of rotatable bonds is 7. The van der Waals surface area contributed by atoms with Crippen molar-refractivity contribution < 1.29 is 24.2 Å². The molecule has 2 atom stereocenters. The lowest BCUT2D eigenvalue weighted by Crippen LogP contribution is -2.50. The van der Waals surface area contributed by atoms with Crippen LogP contribution in [0.1, 0.15) is 49.1 Å². The van der Waals surface area contributed by atoms with Gasteiger partial charge in [-0.15, -0.1) is 0 Å². The van der Waals surface area contributed by atoms with Crippen LogP contribution in [-0.4, -0.2) is 53.7 Å². The summed E-state index contributed by atoms with van der Waals surface area (Å²) in [6, 6.07) is 16.5. The Morgan fingerprint density at radius 1 is 0.912 bits per heavy atom. The molecule has 2 aromatic rings. The first-order chi connectivity index (χ1) is 16.5. The number of carbonyl (C=O) groups excluding carboxylic acids is 2. The molecule has 0 bridgehead atoms. The van der Waals surface area contributed by atoms with Gasteiger partial charge in [-0.1, -0.05) is 48.5 Å². The highest BCUT2D eigenvalue weighted by molar-refractivity contribution is 5.79. The summed E-state index contributed by atoms with van der Waals surface area (Å²) in [4.78, 5) is 37.5. The van der Waals surface area contributed by atoms with E-state index in [1.54, 1.807) is 4.90 Å². The first-order valence-corrected chi connectivity index (χ1v) is 12.1. The second-order valence-electron chi connectivity index (χ2n) is 9.81. The molecule has 7 nitrogen and oxygen atoms in total. The predicted octanol–water partition coefficient (Wildman–Crippen LogP) is 4.02. The lowest BCUT2D eigenvalue weighted by atomic mass is 9.94. The largest absolute Gasteiger partial charge is 0.481 e. The van der Waals surface area contributed by atoms with Crippen LogP contribution in [-0.2, 0) is 14.3 Å². The van der Waals surface area contributed by atoms with Crippen molar-refractivity contribution in [2.75, 3.05) is 19.7 Å². The maximum atomic E-state index is 12.5. The van der Waals surface area contributed by atoms with Crippen molar-refractivity contribution in [3.8, 4) is 11.1 Å². The van der Waals surface area contributed by atoms with Gasteiger partial charge in [-0.05, 0) is 47.4 Å². The second kappa shape index (κ2) is 9.49. The molecule has 7 heteroatoms. The van der Waals surface area contributed by atoms with Crippen LogP contribution < -0.4 is 5.32 Å². The average molecular weight is 463 g/mol. The first-order valence-electron chi connectivity index (χ1n) is 12.1. The summed E-state index contributed by atoms with van der Waals surface area (Å²) in [6.45, 7) is 1.37. The number of carboxylic acid groups (broad SMARTS) is 1. The molecule has 0 spiro atoms. The molecule has 0 aromatic heterocycles. The summed E-state index contributed by atoms with van der Waals surface area (Å²) < 4.78 is 5.65. The van der Waals surface area contributed by atoms with E-state index in [1.807, 2.05) is 24.3 Å². The van der Waals surface area contributed by atoms with Crippen LogP contribution in [0, 0.1) is 11.8 Å². The molecule has 2 aromatic carbocycles. The molecule has 2 fully saturated rings.